The Kier molecular flexibility index (Phi) is 4.85. The summed E-state index contributed by atoms with van der Waals surface area (Å²) in [6.45, 7) is 5.75. The van der Waals surface area contributed by atoms with Crippen molar-refractivity contribution in [3.05, 3.63) is 60.7 Å². The van der Waals surface area contributed by atoms with Gasteiger partial charge in [0.2, 0.25) is 5.95 Å². The maximum absolute atomic E-state index is 5.99. The molecule has 0 aliphatic rings. The van der Waals surface area contributed by atoms with Gasteiger partial charge in [0.1, 0.15) is 0 Å². The van der Waals surface area contributed by atoms with Crippen LogP contribution in [0.1, 0.15) is 13.8 Å². The lowest BCUT2D eigenvalue weighted by atomic mass is 10.0. The quantitative estimate of drug-likeness (QED) is 0.567. The molecule has 0 amide bonds. The Bertz CT molecular complexity index is 1090. The molecule has 0 radical (unpaired) electrons. The molecule has 2 aromatic heterocycles. The summed E-state index contributed by atoms with van der Waals surface area (Å²) < 4.78 is 0. The lowest BCUT2D eigenvalue weighted by molar-refractivity contribution is 0.847. The number of nitrogens with zero attached hydrogens (tertiary/aromatic N) is 5. The van der Waals surface area contributed by atoms with Crippen LogP contribution in [0, 0.1) is 0 Å². The van der Waals surface area contributed by atoms with Crippen molar-refractivity contribution in [2.24, 2.45) is 0 Å². The SMILES string of the molecule is CCN(CC)c1nc(N)nc2nc(-c3ccccc3)c(-c3ccccc3)nc12. The Hall–Kier alpha value is -3.54. The summed E-state index contributed by atoms with van der Waals surface area (Å²) in [6, 6.07) is 20.1. The molecule has 0 saturated heterocycles. The van der Waals surface area contributed by atoms with Crippen LogP contribution in [0.4, 0.5) is 11.8 Å². The van der Waals surface area contributed by atoms with Gasteiger partial charge in [0, 0.05) is 24.2 Å². The van der Waals surface area contributed by atoms with Crippen LogP contribution in [0.2, 0.25) is 0 Å². The number of fused-ring (bicyclic) bond motifs is 1. The van der Waals surface area contributed by atoms with E-state index < -0.39 is 0 Å². The second kappa shape index (κ2) is 7.60. The fourth-order valence-corrected chi connectivity index (χ4v) is 3.29. The largest absolute Gasteiger partial charge is 0.368 e. The van der Waals surface area contributed by atoms with E-state index in [4.69, 9.17) is 15.7 Å². The van der Waals surface area contributed by atoms with E-state index in [1.165, 1.54) is 0 Å². The Balaban J connectivity index is 2.06. The molecule has 4 aromatic rings. The molecule has 0 aliphatic heterocycles. The standard InChI is InChI=1S/C22H22N6/c1-3-28(4-2)21-19-20(26-22(23)27-21)25-18(16-13-9-6-10-14-16)17(24-19)15-11-7-5-8-12-15/h5-14H,3-4H2,1-2H3,(H2,23,25,26,27). The fraction of sp³-hybridized carbons (Fsp3) is 0.182. The van der Waals surface area contributed by atoms with E-state index in [0.717, 1.165) is 41.4 Å². The van der Waals surface area contributed by atoms with Crippen LogP contribution in [0.15, 0.2) is 60.7 Å². The maximum Gasteiger partial charge on any atom is 0.224 e. The minimum absolute atomic E-state index is 0.204. The van der Waals surface area contributed by atoms with Crippen molar-refractivity contribution in [1.82, 2.24) is 19.9 Å². The van der Waals surface area contributed by atoms with Crippen LogP contribution in [0.3, 0.4) is 0 Å². The zero-order chi connectivity index (χ0) is 19.5. The third kappa shape index (κ3) is 3.24. The number of benzene rings is 2. The lowest BCUT2D eigenvalue weighted by Gasteiger charge is -2.21. The summed E-state index contributed by atoms with van der Waals surface area (Å²) in [7, 11) is 0. The van der Waals surface area contributed by atoms with Gasteiger partial charge < -0.3 is 10.6 Å². The van der Waals surface area contributed by atoms with Crippen molar-refractivity contribution in [3.8, 4) is 22.5 Å². The predicted molar refractivity (Wildman–Crippen MR) is 114 cm³/mol. The topological polar surface area (TPSA) is 80.8 Å². The normalized spacial score (nSPS) is 10.9. The second-order valence-electron chi connectivity index (χ2n) is 6.40. The van der Waals surface area contributed by atoms with Crippen molar-refractivity contribution in [3.63, 3.8) is 0 Å². The molecular formula is C22H22N6. The van der Waals surface area contributed by atoms with Crippen molar-refractivity contribution in [2.75, 3.05) is 23.7 Å². The van der Waals surface area contributed by atoms with E-state index in [1.807, 2.05) is 60.7 Å². The van der Waals surface area contributed by atoms with Crippen LogP contribution < -0.4 is 10.6 Å². The van der Waals surface area contributed by atoms with Gasteiger partial charge in [0.05, 0.1) is 11.4 Å². The summed E-state index contributed by atoms with van der Waals surface area (Å²) in [6.07, 6.45) is 0. The summed E-state index contributed by atoms with van der Waals surface area (Å²) in [5.74, 6) is 0.923. The molecular weight excluding hydrogens is 348 g/mol. The third-order valence-electron chi connectivity index (χ3n) is 4.69. The number of hydrogen-bond acceptors (Lipinski definition) is 6. The minimum Gasteiger partial charge on any atom is -0.368 e. The highest BCUT2D eigenvalue weighted by atomic mass is 15.2. The number of nitrogen functional groups attached to an aromatic ring is 1. The van der Waals surface area contributed by atoms with E-state index in [2.05, 4.69) is 28.7 Å². The predicted octanol–water partition coefficient (Wildman–Crippen LogP) is 4.18. The summed E-state index contributed by atoms with van der Waals surface area (Å²) >= 11 is 0. The molecule has 0 bridgehead atoms. The van der Waals surface area contributed by atoms with Crippen LogP contribution in [-0.4, -0.2) is 33.0 Å². The molecule has 2 aromatic carbocycles. The molecule has 0 spiro atoms. The summed E-state index contributed by atoms with van der Waals surface area (Å²) in [4.78, 5) is 20.8. The van der Waals surface area contributed by atoms with Crippen molar-refractivity contribution >= 4 is 22.9 Å². The molecule has 140 valence electrons. The van der Waals surface area contributed by atoms with Gasteiger partial charge in [-0.15, -0.1) is 0 Å². The van der Waals surface area contributed by atoms with E-state index in [0.29, 0.717) is 11.2 Å². The van der Waals surface area contributed by atoms with Gasteiger partial charge in [0.25, 0.3) is 0 Å². The molecule has 6 heteroatoms. The van der Waals surface area contributed by atoms with Crippen molar-refractivity contribution < 1.29 is 0 Å². The Morgan fingerprint density at radius 1 is 0.714 bits per heavy atom. The molecule has 6 nitrogen and oxygen atoms in total. The highest BCUT2D eigenvalue weighted by Gasteiger charge is 2.19. The molecule has 4 rings (SSSR count). The highest BCUT2D eigenvalue weighted by molar-refractivity contribution is 5.90. The first-order valence-corrected chi connectivity index (χ1v) is 9.42. The molecule has 2 N–H and O–H groups in total. The first-order valence-electron chi connectivity index (χ1n) is 9.42. The van der Waals surface area contributed by atoms with Crippen LogP contribution in [-0.2, 0) is 0 Å². The summed E-state index contributed by atoms with van der Waals surface area (Å²) in [5.41, 5.74) is 10.7. The Morgan fingerprint density at radius 2 is 1.25 bits per heavy atom. The Labute approximate surface area is 164 Å². The average Bonchev–Trinajstić information content (AvgIpc) is 2.75. The average molecular weight is 370 g/mol. The van der Waals surface area contributed by atoms with Gasteiger partial charge in [-0.1, -0.05) is 60.7 Å². The Morgan fingerprint density at radius 3 is 1.79 bits per heavy atom. The van der Waals surface area contributed by atoms with E-state index >= 15 is 0 Å². The molecule has 0 saturated carbocycles. The third-order valence-corrected chi connectivity index (χ3v) is 4.69. The smallest absolute Gasteiger partial charge is 0.224 e. The lowest BCUT2D eigenvalue weighted by Crippen LogP contribution is -2.24. The monoisotopic (exact) mass is 370 g/mol. The molecule has 2 heterocycles. The zero-order valence-corrected chi connectivity index (χ0v) is 16.0. The van der Waals surface area contributed by atoms with E-state index in [1.54, 1.807) is 0 Å². The van der Waals surface area contributed by atoms with Crippen LogP contribution in [0.25, 0.3) is 33.7 Å². The van der Waals surface area contributed by atoms with Gasteiger partial charge in [-0.05, 0) is 13.8 Å². The number of nitrogens with two attached hydrogens (primary N) is 1. The van der Waals surface area contributed by atoms with Gasteiger partial charge in [-0.3, -0.25) is 0 Å². The molecule has 0 unspecified atom stereocenters. The van der Waals surface area contributed by atoms with E-state index in [9.17, 15) is 0 Å². The number of rotatable bonds is 5. The van der Waals surface area contributed by atoms with E-state index in [-0.39, 0.29) is 5.95 Å². The summed E-state index contributed by atoms with van der Waals surface area (Å²) in [5, 5.41) is 0. The fourth-order valence-electron chi connectivity index (χ4n) is 3.29. The number of anilines is 2. The molecule has 0 atom stereocenters. The number of hydrogen-bond donors (Lipinski definition) is 1. The van der Waals surface area contributed by atoms with Crippen LogP contribution in [0.5, 0.6) is 0 Å². The van der Waals surface area contributed by atoms with Gasteiger partial charge in [-0.2, -0.15) is 9.97 Å². The van der Waals surface area contributed by atoms with Crippen LogP contribution >= 0.6 is 0 Å². The maximum atomic E-state index is 5.99. The van der Waals surface area contributed by atoms with Gasteiger partial charge in [0.15, 0.2) is 17.0 Å². The zero-order valence-electron chi connectivity index (χ0n) is 16.0. The van der Waals surface area contributed by atoms with Gasteiger partial charge in [-0.25, -0.2) is 9.97 Å². The molecule has 0 fully saturated rings. The first-order chi connectivity index (χ1) is 13.7. The van der Waals surface area contributed by atoms with Gasteiger partial charge >= 0.3 is 0 Å². The van der Waals surface area contributed by atoms with Crippen molar-refractivity contribution in [2.45, 2.75) is 13.8 Å². The highest BCUT2D eigenvalue weighted by Crippen LogP contribution is 2.32. The number of aromatic nitrogens is 4. The second-order valence-corrected chi connectivity index (χ2v) is 6.40. The molecule has 0 aliphatic carbocycles. The van der Waals surface area contributed by atoms with Crippen molar-refractivity contribution in [1.29, 1.82) is 0 Å². The minimum atomic E-state index is 0.204. The first kappa shape index (κ1) is 17.9. The molecule has 28 heavy (non-hydrogen) atoms.